The first-order chi connectivity index (χ1) is 12.2. The molecule has 4 nitrogen and oxygen atoms in total. The summed E-state index contributed by atoms with van der Waals surface area (Å²) in [6, 6.07) is 16.0. The van der Waals surface area contributed by atoms with Crippen LogP contribution in [0, 0.1) is 3.57 Å². The van der Waals surface area contributed by atoms with Crippen LogP contribution in [-0.4, -0.2) is 37.6 Å². The Morgan fingerprint density at radius 2 is 1.76 bits per heavy atom. The Balaban J connectivity index is 1.70. The third-order valence-corrected chi connectivity index (χ3v) is 5.36. The van der Waals surface area contributed by atoms with Gasteiger partial charge in [-0.3, -0.25) is 9.69 Å². The minimum Gasteiger partial charge on any atom is -0.497 e. The number of benzene rings is 2. The average molecular weight is 450 g/mol. The van der Waals surface area contributed by atoms with Crippen molar-refractivity contribution >= 4 is 28.5 Å². The molecule has 5 heteroatoms. The van der Waals surface area contributed by atoms with Crippen LogP contribution in [0.5, 0.6) is 5.75 Å². The zero-order chi connectivity index (χ0) is 17.6. The Labute approximate surface area is 162 Å². The summed E-state index contributed by atoms with van der Waals surface area (Å²) in [5.74, 6) is 0.834. The predicted molar refractivity (Wildman–Crippen MR) is 108 cm³/mol. The molecule has 1 heterocycles. The van der Waals surface area contributed by atoms with Crippen LogP contribution in [0.25, 0.3) is 0 Å². The molecule has 0 radical (unpaired) electrons. The molecule has 0 bridgehead atoms. The molecule has 1 unspecified atom stereocenters. The van der Waals surface area contributed by atoms with E-state index in [1.54, 1.807) is 7.11 Å². The molecule has 2 aromatic carbocycles. The van der Waals surface area contributed by atoms with Gasteiger partial charge in [-0.05, 0) is 90.5 Å². The summed E-state index contributed by atoms with van der Waals surface area (Å²) in [5, 5.41) is 3.11. The summed E-state index contributed by atoms with van der Waals surface area (Å²) in [6.07, 6.45) is 2.44. The monoisotopic (exact) mass is 450 g/mol. The van der Waals surface area contributed by atoms with E-state index in [0.29, 0.717) is 12.1 Å². The molecule has 0 spiro atoms. The molecule has 1 fully saturated rings. The van der Waals surface area contributed by atoms with Gasteiger partial charge < -0.3 is 10.1 Å². The summed E-state index contributed by atoms with van der Waals surface area (Å²) in [5.41, 5.74) is 1.92. The minimum atomic E-state index is -0.0193. The number of hydrogen-bond donors (Lipinski definition) is 1. The number of rotatable bonds is 6. The lowest BCUT2D eigenvalue weighted by Gasteiger charge is -2.28. The molecule has 0 aromatic heterocycles. The van der Waals surface area contributed by atoms with Gasteiger partial charge in [-0.15, -0.1) is 0 Å². The van der Waals surface area contributed by atoms with Crippen LogP contribution in [0.4, 0.5) is 0 Å². The highest BCUT2D eigenvalue weighted by molar-refractivity contribution is 14.1. The van der Waals surface area contributed by atoms with Crippen LogP contribution < -0.4 is 10.1 Å². The zero-order valence-corrected chi connectivity index (χ0v) is 16.5. The highest BCUT2D eigenvalue weighted by Gasteiger charge is 2.24. The number of amides is 1. The number of hydrogen-bond acceptors (Lipinski definition) is 3. The van der Waals surface area contributed by atoms with E-state index in [-0.39, 0.29) is 11.9 Å². The van der Waals surface area contributed by atoms with Gasteiger partial charge in [-0.25, -0.2) is 0 Å². The van der Waals surface area contributed by atoms with Crippen LogP contribution in [0.3, 0.4) is 0 Å². The Hall–Kier alpha value is -1.60. The first kappa shape index (κ1) is 18.2. The van der Waals surface area contributed by atoms with Crippen molar-refractivity contribution in [3.05, 3.63) is 63.2 Å². The molecule has 132 valence electrons. The lowest BCUT2D eigenvalue weighted by molar-refractivity contribution is 0.0938. The number of carbonyl (C=O) groups is 1. The number of nitrogens with zero attached hydrogens (tertiary/aromatic N) is 1. The van der Waals surface area contributed by atoms with E-state index in [2.05, 4.69) is 44.9 Å². The molecule has 1 amide bonds. The number of halogens is 1. The van der Waals surface area contributed by atoms with Crippen LogP contribution in [0.1, 0.15) is 34.8 Å². The van der Waals surface area contributed by atoms with Crippen molar-refractivity contribution < 1.29 is 9.53 Å². The minimum absolute atomic E-state index is 0.0193. The SMILES string of the molecule is COc1ccc(C(CNC(=O)c2ccc(I)cc2)N2CCCC2)cc1. The lowest BCUT2D eigenvalue weighted by atomic mass is 10.0. The first-order valence-corrected chi connectivity index (χ1v) is 9.67. The van der Waals surface area contributed by atoms with E-state index in [1.807, 2.05) is 36.4 Å². The number of carbonyl (C=O) groups excluding carboxylic acids is 1. The second-order valence-electron chi connectivity index (χ2n) is 6.25. The van der Waals surface area contributed by atoms with Gasteiger partial charge in [0.25, 0.3) is 5.91 Å². The van der Waals surface area contributed by atoms with Crippen molar-refractivity contribution in [1.29, 1.82) is 0 Å². The van der Waals surface area contributed by atoms with Crippen LogP contribution in [-0.2, 0) is 0 Å². The molecule has 1 saturated heterocycles. The molecule has 1 aliphatic heterocycles. The van der Waals surface area contributed by atoms with Gasteiger partial charge in [0.05, 0.1) is 13.2 Å². The zero-order valence-electron chi connectivity index (χ0n) is 14.4. The summed E-state index contributed by atoms with van der Waals surface area (Å²) in [4.78, 5) is 14.9. The van der Waals surface area contributed by atoms with E-state index in [4.69, 9.17) is 4.74 Å². The molecule has 2 aromatic rings. The predicted octanol–water partition coefficient (Wildman–Crippen LogP) is 3.87. The summed E-state index contributed by atoms with van der Waals surface area (Å²) >= 11 is 2.24. The fraction of sp³-hybridized carbons (Fsp3) is 0.350. The fourth-order valence-electron chi connectivity index (χ4n) is 3.23. The van der Waals surface area contributed by atoms with Gasteiger partial charge in [0, 0.05) is 15.7 Å². The van der Waals surface area contributed by atoms with Gasteiger partial charge in [-0.1, -0.05) is 12.1 Å². The molecule has 1 aliphatic rings. The number of nitrogens with one attached hydrogen (secondary N) is 1. The molecule has 1 N–H and O–H groups in total. The van der Waals surface area contributed by atoms with Crippen molar-refractivity contribution in [2.45, 2.75) is 18.9 Å². The van der Waals surface area contributed by atoms with E-state index in [1.165, 1.54) is 18.4 Å². The van der Waals surface area contributed by atoms with Crippen LogP contribution >= 0.6 is 22.6 Å². The topological polar surface area (TPSA) is 41.6 Å². The quantitative estimate of drug-likeness (QED) is 0.680. The van der Waals surface area contributed by atoms with Crippen molar-refractivity contribution in [3.8, 4) is 5.75 Å². The van der Waals surface area contributed by atoms with Gasteiger partial charge in [0.1, 0.15) is 5.75 Å². The van der Waals surface area contributed by atoms with Gasteiger partial charge >= 0.3 is 0 Å². The molecule has 25 heavy (non-hydrogen) atoms. The number of ether oxygens (including phenoxy) is 1. The maximum absolute atomic E-state index is 12.5. The molecular weight excluding hydrogens is 427 g/mol. The Bertz CT molecular complexity index is 695. The molecular formula is C20H23IN2O2. The maximum Gasteiger partial charge on any atom is 0.251 e. The fourth-order valence-corrected chi connectivity index (χ4v) is 3.59. The summed E-state index contributed by atoms with van der Waals surface area (Å²) in [6.45, 7) is 2.77. The summed E-state index contributed by atoms with van der Waals surface area (Å²) < 4.78 is 6.38. The van der Waals surface area contributed by atoms with Crippen molar-refractivity contribution in [2.24, 2.45) is 0 Å². The Morgan fingerprint density at radius 1 is 1.12 bits per heavy atom. The van der Waals surface area contributed by atoms with Gasteiger partial charge in [0.2, 0.25) is 0 Å². The molecule has 0 saturated carbocycles. The Morgan fingerprint density at radius 3 is 2.36 bits per heavy atom. The van der Waals surface area contributed by atoms with E-state index in [0.717, 1.165) is 22.4 Å². The second kappa shape index (κ2) is 8.67. The van der Waals surface area contributed by atoms with E-state index < -0.39 is 0 Å². The Kier molecular flexibility index (Phi) is 6.31. The van der Waals surface area contributed by atoms with Gasteiger partial charge in [-0.2, -0.15) is 0 Å². The first-order valence-electron chi connectivity index (χ1n) is 8.59. The average Bonchev–Trinajstić information content (AvgIpc) is 3.17. The third-order valence-electron chi connectivity index (χ3n) is 4.64. The number of methoxy groups -OCH3 is 1. The van der Waals surface area contributed by atoms with Crippen molar-refractivity contribution in [1.82, 2.24) is 10.2 Å². The summed E-state index contributed by atoms with van der Waals surface area (Å²) in [7, 11) is 1.67. The van der Waals surface area contributed by atoms with E-state index >= 15 is 0 Å². The second-order valence-corrected chi connectivity index (χ2v) is 7.49. The van der Waals surface area contributed by atoms with Gasteiger partial charge in [0.15, 0.2) is 0 Å². The maximum atomic E-state index is 12.5. The lowest BCUT2D eigenvalue weighted by Crippen LogP contribution is -2.36. The normalized spacial score (nSPS) is 15.8. The molecule has 1 atom stereocenters. The smallest absolute Gasteiger partial charge is 0.251 e. The third kappa shape index (κ3) is 4.73. The number of likely N-dealkylation sites (tertiary alicyclic amines) is 1. The molecule has 3 rings (SSSR count). The highest BCUT2D eigenvalue weighted by atomic mass is 127. The molecule has 0 aliphatic carbocycles. The van der Waals surface area contributed by atoms with Crippen LogP contribution in [0.2, 0.25) is 0 Å². The van der Waals surface area contributed by atoms with Crippen LogP contribution in [0.15, 0.2) is 48.5 Å². The van der Waals surface area contributed by atoms with Crippen molar-refractivity contribution in [3.63, 3.8) is 0 Å². The van der Waals surface area contributed by atoms with Crippen molar-refractivity contribution in [2.75, 3.05) is 26.7 Å². The standard InChI is InChI=1S/C20H23IN2O2/c1-25-18-10-6-15(7-11-18)19(23-12-2-3-13-23)14-22-20(24)16-4-8-17(21)9-5-16/h4-11,19H,2-3,12-14H2,1H3,(H,22,24). The van der Waals surface area contributed by atoms with E-state index in [9.17, 15) is 4.79 Å². The highest BCUT2D eigenvalue weighted by Crippen LogP contribution is 2.26. The largest absolute Gasteiger partial charge is 0.497 e.